The molecule has 0 aliphatic carbocycles. The minimum Gasteiger partial charge on any atom is -0.508 e. The highest BCUT2D eigenvalue weighted by atomic mass is 32.1. The minimum atomic E-state index is -1.51. The number of hydrogen-bond donors (Lipinski definition) is 10. The molecule has 0 aromatic heterocycles. The predicted octanol–water partition coefficient (Wildman–Crippen LogP) is -3.22. The van der Waals surface area contributed by atoms with Crippen LogP contribution in [0.4, 0.5) is 0 Å². The highest BCUT2D eigenvalue weighted by molar-refractivity contribution is 7.81. The van der Waals surface area contributed by atoms with Crippen LogP contribution < -0.4 is 38.2 Å². The number of phenols is 1. The van der Waals surface area contributed by atoms with Crippen LogP contribution in [-0.2, 0) is 35.2 Å². The number of nitrogens with two attached hydrogens (primary N) is 2. The fraction of sp³-hybridized carbons (Fsp3) is 0.455. The Morgan fingerprint density at radius 2 is 1.72 bits per heavy atom. The molecular formula is C22H32N8O8S. The van der Waals surface area contributed by atoms with Crippen LogP contribution in [0.1, 0.15) is 24.8 Å². The summed E-state index contributed by atoms with van der Waals surface area (Å²) < 4.78 is 0. The first kappa shape index (κ1) is 31.1. The molecule has 39 heavy (non-hydrogen) atoms. The molecule has 4 atom stereocenters. The Morgan fingerprint density at radius 1 is 1.03 bits per heavy atom. The van der Waals surface area contributed by atoms with E-state index in [-0.39, 0.29) is 31.1 Å². The summed E-state index contributed by atoms with van der Waals surface area (Å²) in [5.74, 6) is -4.70. The lowest BCUT2D eigenvalue weighted by atomic mass is 10.1. The topological polar surface area (TPSA) is 260 Å². The van der Waals surface area contributed by atoms with Crippen molar-refractivity contribution in [2.24, 2.45) is 16.5 Å². The number of rotatable bonds is 8. The van der Waals surface area contributed by atoms with Gasteiger partial charge in [-0.25, -0.2) is 0 Å². The number of nitrogens with zero attached hydrogens (tertiary/aromatic N) is 1. The lowest BCUT2D eigenvalue weighted by Gasteiger charge is -2.24. The number of amides is 4. The van der Waals surface area contributed by atoms with E-state index in [1.807, 2.05) is 0 Å². The van der Waals surface area contributed by atoms with Crippen molar-refractivity contribution >= 4 is 48.2 Å². The van der Waals surface area contributed by atoms with Crippen molar-refractivity contribution in [1.29, 1.82) is 0 Å². The van der Waals surface area contributed by atoms with Crippen LogP contribution >= 0.6 is 12.6 Å². The van der Waals surface area contributed by atoms with Crippen molar-refractivity contribution in [3.8, 4) is 5.75 Å². The first-order valence-electron chi connectivity index (χ1n) is 11.8. The number of thiol groups is 1. The number of aliphatic carboxylic acids is 1. The lowest BCUT2D eigenvalue weighted by Crippen LogP contribution is -2.54. The van der Waals surface area contributed by atoms with E-state index in [0.29, 0.717) is 12.0 Å². The Kier molecular flexibility index (Phi) is 12.3. The number of nitrogens with one attached hydrogen (secondary N) is 5. The van der Waals surface area contributed by atoms with Gasteiger partial charge in [-0.2, -0.15) is 5.48 Å². The van der Waals surface area contributed by atoms with Gasteiger partial charge in [0.2, 0.25) is 23.6 Å². The van der Waals surface area contributed by atoms with E-state index in [4.69, 9.17) is 16.3 Å². The number of aromatic hydroxyl groups is 1. The maximum atomic E-state index is 12.9. The van der Waals surface area contributed by atoms with Gasteiger partial charge in [0.15, 0.2) is 17.6 Å². The standard InChI is InChI=1S/C22H32N8O8S/c23-22(24)25-7-1-2-13-18(35)26-10-15(32)27-14(9-17(33)34)19(36)29-16(38-30-21(39)20(37)28-13)8-11-3-5-12(31)6-4-11/h3-6,13-14,16,21,30-31,39H,1-2,7-10H2,(H,26,35)(H,27,32)(H,28,37)(H,29,36)(H,33,34)(H4,23,24,25)/t13?,14?,16-,21-/m0/s1. The normalized spacial score (nSPS) is 23.2. The van der Waals surface area contributed by atoms with Crippen molar-refractivity contribution in [1.82, 2.24) is 26.7 Å². The molecule has 11 N–H and O–H groups in total. The molecule has 1 aromatic carbocycles. The molecule has 1 fully saturated rings. The van der Waals surface area contributed by atoms with E-state index in [9.17, 15) is 34.2 Å². The maximum Gasteiger partial charge on any atom is 0.305 e. The van der Waals surface area contributed by atoms with E-state index in [2.05, 4.69) is 44.4 Å². The Labute approximate surface area is 228 Å². The molecule has 16 nitrogen and oxygen atoms in total. The zero-order valence-electron chi connectivity index (χ0n) is 20.8. The number of carboxylic acid groups (broad SMARTS) is 1. The van der Waals surface area contributed by atoms with Gasteiger partial charge in [-0.15, -0.1) is 12.6 Å². The zero-order valence-corrected chi connectivity index (χ0v) is 21.6. The molecule has 2 unspecified atom stereocenters. The third-order valence-corrected chi connectivity index (χ3v) is 5.60. The smallest absolute Gasteiger partial charge is 0.305 e. The van der Waals surface area contributed by atoms with Gasteiger partial charge in [-0.05, 0) is 30.5 Å². The van der Waals surface area contributed by atoms with Crippen molar-refractivity contribution in [3.05, 3.63) is 29.8 Å². The minimum absolute atomic E-state index is 0.0104. The molecule has 1 aliphatic rings. The van der Waals surface area contributed by atoms with Gasteiger partial charge in [0.1, 0.15) is 17.8 Å². The van der Waals surface area contributed by atoms with E-state index in [1.54, 1.807) is 12.1 Å². The van der Waals surface area contributed by atoms with Crippen LogP contribution in [0.2, 0.25) is 0 Å². The Balaban J connectivity index is 2.27. The van der Waals surface area contributed by atoms with Gasteiger partial charge in [0.25, 0.3) is 0 Å². The molecule has 1 saturated heterocycles. The Hall–Kier alpha value is -4.09. The van der Waals surface area contributed by atoms with Crippen LogP contribution in [-0.4, -0.2) is 82.5 Å². The summed E-state index contributed by atoms with van der Waals surface area (Å²) in [5, 5.41) is 27.0. The maximum absolute atomic E-state index is 12.9. The van der Waals surface area contributed by atoms with E-state index in [1.165, 1.54) is 12.1 Å². The van der Waals surface area contributed by atoms with Gasteiger partial charge >= 0.3 is 5.97 Å². The van der Waals surface area contributed by atoms with Crippen LogP contribution in [0.3, 0.4) is 0 Å². The second-order valence-corrected chi connectivity index (χ2v) is 8.97. The molecule has 0 bridgehead atoms. The monoisotopic (exact) mass is 568 g/mol. The number of guanidine groups is 1. The number of hydrogen-bond acceptors (Lipinski definition) is 10. The Bertz CT molecular complexity index is 1070. The zero-order chi connectivity index (χ0) is 28.9. The third-order valence-electron chi connectivity index (χ3n) is 5.26. The number of carboxylic acids is 1. The van der Waals surface area contributed by atoms with Crippen molar-refractivity contribution in [2.75, 3.05) is 13.1 Å². The van der Waals surface area contributed by atoms with Crippen molar-refractivity contribution in [3.63, 3.8) is 0 Å². The van der Waals surface area contributed by atoms with Gasteiger partial charge in [0, 0.05) is 13.0 Å². The van der Waals surface area contributed by atoms with Gasteiger partial charge in [-0.3, -0.25) is 33.8 Å². The molecule has 4 amide bonds. The molecule has 0 spiro atoms. The molecule has 0 saturated carbocycles. The molecular weight excluding hydrogens is 536 g/mol. The quantitative estimate of drug-likeness (QED) is 0.0645. The first-order chi connectivity index (χ1) is 18.4. The van der Waals surface area contributed by atoms with Crippen LogP contribution in [0.15, 0.2) is 29.3 Å². The van der Waals surface area contributed by atoms with Crippen molar-refractivity contribution in [2.45, 2.75) is 49.4 Å². The fourth-order valence-electron chi connectivity index (χ4n) is 3.37. The molecule has 214 valence electrons. The summed E-state index contributed by atoms with van der Waals surface area (Å²) in [6.07, 6.45) is -1.51. The van der Waals surface area contributed by atoms with Gasteiger partial charge < -0.3 is 42.9 Å². The third kappa shape index (κ3) is 11.5. The average molecular weight is 569 g/mol. The molecule has 0 radical (unpaired) electrons. The fourth-order valence-corrected chi connectivity index (χ4v) is 3.51. The second kappa shape index (κ2) is 15.4. The number of benzene rings is 1. The lowest BCUT2D eigenvalue weighted by molar-refractivity contribution is -0.143. The average Bonchev–Trinajstić information content (AvgIpc) is 2.87. The SMILES string of the molecule is NC(N)=NCCCC1NC(=O)[C@H](S)NO[C@@H](Cc2ccc(O)cc2)NC(=O)C(CC(=O)O)NC(=O)CNC1=O. The highest BCUT2D eigenvalue weighted by Crippen LogP contribution is 2.12. The summed E-state index contributed by atoms with van der Waals surface area (Å²) in [6, 6.07) is 3.33. The van der Waals surface area contributed by atoms with Gasteiger partial charge in [-0.1, -0.05) is 12.1 Å². The number of carbonyl (C=O) groups excluding carboxylic acids is 4. The summed E-state index contributed by atoms with van der Waals surface area (Å²) in [5.41, 5.74) is 13.6. The van der Waals surface area contributed by atoms with Crippen LogP contribution in [0.5, 0.6) is 5.75 Å². The summed E-state index contributed by atoms with van der Waals surface area (Å²) >= 11 is 4.15. The molecule has 1 heterocycles. The largest absolute Gasteiger partial charge is 0.508 e. The number of phenolic OH excluding ortho intramolecular Hbond substituents is 1. The highest BCUT2D eigenvalue weighted by Gasteiger charge is 2.29. The molecule has 1 aromatic rings. The summed E-state index contributed by atoms with van der Waals surface area (Å²) in [4.78, 5) is 71.4. The van der Waals surface area contributed by atoms with E-state index < -0.39 is 66.2 Å². The molecule has 17 heteroatoms. The number of aliphatic imine (C=N–C) groups is 1. The van der Waals surface area contributed by atoms with E-state index >= 15 is 0 Å². The van der Waals surface area contributed by atoms with Crippen LogP contribution in [0.25, 0.3) is 0 Å². The predicted molar refractivity (Wildman–Crippen MR) is 140 cm³/mol. The second-order valence-electron chi connectivity index (χ2n) is 8.45. The van der Waals surface area contributed by atoms with Crippen molar-refractivity contribution < 1.29 is 39.0 Å². The number of carbonyl (C=O) groups is 5. The number of hydroxylamine groups is 1. The first-order valence-corrected chi connectivity index (χ1v) is 12.3. The molecule has 1 aliphatic heterocycles. The Morgan fingerprint density at radius 3 is 2.36 bits per heavy atom. The summed E-state index contributed by atoms with van der Waals surface area (Å²) in [6.45, 7) is -0.420. The van der Waals surface area contributed by atoms with Gasteiger partial charge in [0.05, 0.1) is 13.0 Å². The summed E-state index contributed by atoms with van der Waals surface area (Å²) in [7, 11) is 0. The molecule has 2 rings (SSSR count). The van der Waals surface area contributed by atoms with Crippen LogP contribution in [0, 0.1) is 0 Å². The van der Waals surface area contributed by atoms with E-state index in [0.717, 1.165) is 0 Å².